The molecule has 2 atom stereocenters. The monoisotopic (exact) mass is 372 g/mol. The van der Waals surface area contributed by atoms with Crippen molar-refractivity contribution >= 4 is 23.6 Å². The zero-order chi connectivity index (χ0) is 18.6. The van der Waals surface area contributed by atoms with E-state index >= 15 is 0 Å². The van der Waals surface area contributed by atoms with Crippen molar-refractivity contribution in [3.8, 4) is 5.75 Å². The first kappa shape index (κ1) is 19.3. The van der Waals surface area contributed by atoms with Crippen LogP contribution in [-0.2, 0) is 4.79 Å². The first-order valence-electron chi connectivity index (χ1n) is 8.01. The van der Waals surface area contributed by atoms with E-state index in [1.54, 1.807) is 38.1 Å². The number of rotatable bonds is 5. The van der Waals surface area contributed by atoms with Gasteiger partial charge in [-0.3, -0.25) is 4.79 Å². The van der Waals surface area contributed by atoms with Gasteiger partial charge in [0.2, 0.25) is 5.91 Å². The molecular formula is C17H22ClFN2O4. The number of carbonyl (C=O) groups excluding carboxylic acids is 1. The van der Waals surface area contributed by atoms with Crippen LogP contribution in [0.4, 0.5) is 9.18 Å². The largest absolute Gasteiger partial charge is 0.491 e. The van der Waals surface area contributed by atoms with E-state index in [-0.39, 0.29) is 32.0 Å². The summed E-state index contributed by atoms with van der Waals surface area (Å²) in [6.45, 7) is 3.42. The number of amides is 2. The van der Waals surface area contributed by atoms with Crippen LogP contribution < -0.4 is 10.1 Å². The fraction of sp³-hybridized carbons (Fsp3) is 0.529. The summed E-state index contributed by atoms with van der Waals surface area (Å²) in [7, 11) is 0. The predicted octanol–water partition coefficient (Wildman–Crippen LogP) is 2.95. The fourth-order valence-corrected chi connectivity index (χ4v) is 2.68. The number of likely N-dealkylation sites (tertiary alicyclic amines) is 1. The normalized spacial score (nSPS) is 20.9. The molecule has 1 heterocycles. The number of piperidine rings is 1. The van der Waals surface area contributed by atoms with Crippen LogP contribution in [0.15, 0.2) is 24.3 Å². The number of carbonyl (C=O) groups is 2. The van der Waals surface area contributed by atoms with E-state index in [0.717, 1.165) is 4.90 Å². The van der Waals surface area contributed by atoms with Crippen LogP contribution in [0.1, 0.15) is 20.3 Å². The smallest absolute Gasteiger partial charge is 0.407 e. The lowest BCUT2D eigenvalue weighted by molar-refractivity contribution is -0.132. The van der Waals surface area contributed by atoms with Gasteiger partial charge in [0.1, 0.15) is 18.5 Å². The molecule has 0 aromatic heterocycles. The summed E-state index contributed by atoms with van der Waals surface area (Å²) in [4.78, 5) is 24.4. The number of nitrogens with one attached hydrogen (secondary N) is 1. The van der Waals surface area contributed by atoms with Gasteiger partial charge < -0.3 is 20.1 Å². The van der Waals surface area contributed by atoms with Crippen LogP contribution in [-0.4, -0.2) is 53.9 Å². The molecule has 2 amide bonds. The molecule has 138 valence electrons. The van der Waals surface area contributed by atoms with E-state index in [1.165, 1.54) is 0 Å². The highest BCUT2D eigenvalue weighted by molar-refractivity contribution is 6.32. The molecule has 1 fully saturated rings. The summed E-state index contributed by atoms with van der Waals surface area (Å²) >= 11 is 6.02. The molecule has 8 heteroatoms. The number of alkyl halides is 1. The van der Waals surface area contributed by atoms with E-state index in [9.17, 15) is 14.0 Å². The van der Waals surface area contributed by atoms with Gasteiger partial charge in [0.15, 0.2) is 0 Å². The summed E-state index contributed by atoms with van der Waals surface area (Å²) in [5.41, 5.74) is -0.900. The minimum Gasteiger partial charge on any atom is -0.491 e. The lowest BCUT2D eigenvalue weighted by Gasteiger charge is -2.35. The minimum absolute atomic E-state index is 0.0769. The molecule has 1 aromatic rings. The molecule has 0 unspecified atom stereocenters. The van der Waals surface area contributed by atoms with Gasteiger partial charge in [-0.25, -0.2) is 9.18 Å². The first-order chi connectivity index (χ1) is 11.7. The van der Waals surface area contributed by atoms with Gasteiger partial charge in [0, 0.05) is 6.54 Å². The van der Waals surface area contributed by atoms with Crippen molar-refractivity contribution in [1.29, 1.82) is 0 Å². The van der Waals surface area contributed by atoms with Crippen molar-refractivity contribution in [1.82, 2.24) is 10.2 Å². The Hall–Kier alpha value is -2.02. The summed E-state index contributed by atoms with van der Waals surface area (Å²) < 4.78 is 19.8. The van der Waals surface area contributed by atoms with Gasteiger partial charge in [-0.05, 0) is 32.4 Å². The maximum Gasteiger partial charge on any atom is 0.407 e. The summed E-state index contributed by atoms with van der Waals surface area (Å²) in [6, 6.07) is 6.24. The van der Waals surface area contributed by atoms with E-state index in [1.807, 2.05) is 0 Å². The Labute approximate surface area is 150 Å². The van der Waals surface area contributed by atoms with Crippen LogP contribution in [0.3, 0.4) is 0 Å². The van der Waals surface area contributed by atoms with Crippen molar-refractivity contribution < 1.29 is 23.8 Å². The lowest BCUT2D eigenvalue weighted by Crippen LogP contribution is -2.56. The Bertz CT molecular complexity index is 641. The molecule has 0 bridgehead atoms. The van der Waals surface area contributed by atoms with Gasteiger partial charge in [0.25, 0.3) is 0 Å². The third kappa shape index (κ3) is 4.98. The second-order valence-corrected chi connectivity index (χ2v) is 7.12. The van der Waals surface area contributed by atoms with E-state index in [2.05, 4.69) is 5.32 Å². The van der Waals surface area contributed by atoms with Crippen LogP contribution in [0.5, 0.6) is 5.75 Å². The SMILES string of the molecule is CC(C)(COc1ccccc1Cl)C(=O)N[C@H]1CCN(C(=O)O)C[C@@H]1F. The zero-order valence-electron chi connectivity index (χ0n) is 14.2. The molecule has 0 spiro atoms. The molecule has 1 saturated heterocycles. The molecule has 0 radical (unpaired) electrons. The van der Waals surface area contributed by atoms with Gasteiger partial charge in [-0.1, -0.05) is 23.7 Å². The molecule has 1 aliphatic heterocycles. The molecule has 1 aliphatic rings. The fourth-order valence-electron chi connectivity index (χ4n) is 2.49. The number of benzene rings is 1. The third-order valence-corrected chi connectivity index (χ3v) is 4.48. The van der Waals surface area contributed by atoms with Crippen LogP contribution in [0.25, 0.3) is 0 Å². The molecule has 2 rings (SSSR count). The van der Waals surface area contributed by atoms with E-state index < -0.39 is 23.7 Å². The predicted molar refractivity (Wildman–Crippen MR) is 91.8 cm³/mol. The summed E-state index contributed by atoms with van der Waals surface area (Å²) in [6.07, 6.45) is -2.35. The Balaban J connectivity index is 1.90. The number of ether oxygens (including phenoxy) is 1. The van der Waals surface area contributed by atoms with Crippen molar-refractivity contribution in [2.75, 3.05) is 19.7 Å². The first-order valence-corrected chi connectivity index (χ1v) is 8.39. The van der Waals surface area contributed by atoms with Gasteiger partial charge >= 0.3 is 6.09 Å². The molecule has 6 nitrogen and oxygen atoms in total. The molecule has 0 saturated carbocycles. The number of para-hydroxylation sites is 1. The van der Waals surface area contributed by atoms with Crippen molar-refractivity contribution in [2.45, 2.75) is 32.5 Å². The molecule has 25 heavy (non-hydrogen) atoms. The average Bonchev–Trinajstić information content (AvgIpc) is 2.55. The molecule has 2 N–H and O–H groups in total. The zero-order valence-corrected chi connectivity index (χ0v) is 14.9. The second-order valence-electron chi connectivity index (χ2n) is 6.72. The number of hydrogen-bond acceptors (Lipinski definition) is 3. The molecule has 1 aromatic carbocycles. The topological polar surface area (TPSA) is 78.9 Å². The highest BCUT2D eigenvalue weighted by Crippen LogP contribution is 2.26. The summed E-state index contributed by atoms with van der Waals surface area (Å²) in [5.74, 6) is 0.124. The van der Waals surface area contributed by atoms with Crippen molar-refractivity contribution in [3.63, 3.8) is 0 Å². The van der Waals surface area contributed by atoms with Gasteiger partial charge in [0.05, 0.1) is 23.0 Å². The van der Waals surface area contributed by atoms with E-state index in [4.69, 9.17) is 21.4 Å². The number of nitrogens with zero attached hydrogens (tertiary/aromatic N) is 1. The maximum absolute atomic E-state index is 14.1. The number of halogens is 2. The Morgan fingerprint density at radius 2 is 2.12 bits per heavy atom. The van der Waals surface area contributed by atoms with Crippen molar-refractivity contribution in [2.24, 2.45) is 5.41 Å². The average molecular weight is 373 g/mol. The molecule has 0 aliphatic carbocycles. The highest BCUT2D eigenvalue weighted by Gasteiger charge is 2.36. The summed E-state index contributed by atoms with van der Waals surface area (Å²) in [5, 5.41) is 12.0. The highest BCUT2D eigenvalue weighted by atomic mass is 35.5. The third-order valence-electron chi connectivity index (χ3n) is 4.17. The Morgan fingerprint density at radius 3 is 2.72 bits per heavy atom. The Kier molecular flexibility index (Phi) is 6.11. The van der Waals surface area contributed by atoms with Crippen molar-refractivity contribution in [3.05, 3.63) is 29.3 Å². The van der Waals surface area contributed by atoms with Gasteiger partial charge in [-0.2, -0.15) is 0 Å². The maximum atomic E-state index is 14.1. The van der Waals surface area contributed by atoms with E-state index in [0.29, 0.717) is 10.8 Å². The molecular weight excluding hydrogens is 351 g/mol. The number of hydrogen-bond donors (Lipinski definition) is 2. The Morgan fingerprint density at radius 1 is 1.44 bits per heavy atom. The van der Waals surface area contributed by atoms with Crippen LogP contribution in [0, 0.1) is 5.41 Å². The quantitative estimate of drug-likeness (QED) is 0.832. The van der Waals surface area contributed by atoms with Gasteiger partial charge in [-0.15, -0.1) is 0 Å². The standard InChI is InChI=1S/C17H22ClFN2O4/c1-17(2,10-25-14-6-4-3-5-11(14)18)15(22)20-13-7-8-21(16(23)24)9-12(13)19/h3-6,12-13H,7-10H2,1-2H3,(H,20,22)(H,23,24)/t12-,13-/m0/s1. The second kappa shape index (κ2) is 7.91. The minimum atomic E-state index is -1.44. The van der Waals surface area contributed by atoms with Crippen LogP contribution in [0.2, 0.25) is 5.02 Å². The number of carboxylic acid groups (broad SMARTS) is 1. The van der Waals surface area contributed by atoms with Crippen LogP contribution >= 0.6 is 11.6 Å². The lowest BCUT2D eigenvalue weighted by atomic mass is 9.92.